The molecule has 0 aliphatic carbocycles. The zero-order valence-corrected chi connectivity index (χ0v) is 11.1. The van der Waals surface area contributed by atoms with Crippen molar-refractivity contribution in [1.29, 1.82) is 0 Å². The van der Waals surface area contributed by atoms with Gasteiger partial charge in [-0.2, -0.15) is 13.2 Å². The molecule has 116 valence electrons. The molecule has 1 aromatic carbocycles. The maximum absolute atomic E-state index is 13.0. The first-order valence-corrected chi connectivity index (χ1v) is 5.27. The summed E-state index contributed by atoms with van der Waals surface area (Å²) in [5, 5.41) is 11.1. The molecule has 0 amide bonds. The summed E-state index contributed by atoms with van der Waals surface area (Å²) < 4.78 is 52.6. The number of alkyl halides is 3. The Kier molecular flexibility index (Phi) is 4.61. The number of hydrogen-bond acceptors (Lipinski definition) is 6. The predicted octanol–water partition coefficient (Wildman–Crippen LogP) is 2.42. The third kappa shape index (κ3) is 2.98. The maximum atomic E-state index is 13.0. The van der Waals surface area contributed by atoms with Gasteiger partial charge >= 0.3 is 17.8 Å². The van der Waals surface area contributed by atoms with Gasteiger partial charge in [0.25, 0.3) is 0 Å². The minimum Gasteiger partial charge on any atom is -0.493 e. The summed E-state index contributed by atoms with van der Waals surface area (Å²) >= 11 is 0. The van der Waals surface area contributed by atoms with Crippen LogP contribution in [-0.4, -0.2) is 32.2 Å². The van der Waals surface area contributed by atoms with Crippen molar-refractivity contribution in [1.82, 2.24) is 0 Å². The third-order valence-corrected chi connectivity index (χ3v) is 2.52. The summed E-state index contributed by atoms with van der Waals surface area (Å²) in [6.07, 6.45) is -5.02. The number of esters is 1. The first-order valence-electron chi connectivity index (χ1n) is 5.27. The number of methoxy groups -OCH3 is 3. The van der Waals surface area contributed by atoms with Crippen molar-refractivity contribution >= 4 is 11.7 Å². The van der Waals surface area contributed by atoms with Crippen molar-refractivity contribution in [3.05, 3.63) is 27.3 Å². The number of nitro benzene ring substituents is 1. The fourth-order valence-corrected chi connectivity index (χ4v) is 1.68. The van der Waals surface area contributed by atoms with Crippen LogP contribution < -0.4 is 9.47 Å². The summed E-state index contributed by atoms with van der Waals surface area (Å²) in [6.45, 7) is 0. The highest BCUT2D eigenvalue weighted by Gasteiger charge is 2.43. The van der Waals surface area contributed by atoms with Crippen LogP contribution in [0.1, 0.15) is 15.9 Å². The van der Waals surface area contributed by atoms with Gasteiger partial charge in [0.05, 0.1) is 31.8 Å². The summed E-state index contributed by atoms with van der Waals surface area (Å²) in [5.74, 6) is -2.63. The molecule has 21 heavy (non-hydrogen) atoms. The van der Waals surface area contributed by atoms with Crippen molar-refractivity contribution in [2.75, 3.05) is 21.3 Å². The van der Waals surface area contributed by atoms with Crippen LogP contribution in [0.2, 0.25) is 0 Å². The first kappa shape index (κ1) is 16.5. The topological polar surface area (TPSA) is 87.9 Å². The van der Waals surface area contributed by atoms with Crippen LogP contribution in [0.5, 0.6) is 11.5 Å². The largest absolute Gasteiger partial charge is 0.493 e. The molecule has 0 aromatic heterocycles. The molecule has 0 spiro atoms. The van der Waals surface area contributed by atoms with Crippen LogP contribution in [0.15, 0.2) is 6.07 Å². The molecule has 0 aliphatic rings. The van der Waals surface area contributed by atoms with E-state index in [0.29, 0.717) is 6.07 Å². The molecule has 0 heterocycles. The highest BCUT2D eigenvalue weighted by atomic mass is 19.4. The highest BCUT2D eigenvalue weighted by molar-refractivity contribution is 5.98. The van der Waals surface area contributed by atoms with Gasteiger partial charge in [0.1, 0.15) is 0 Å². The van der Waals surface area contributed by atoms with Gasteiger partial charge in [0.2, 0.25) is 5.75 Å². The van der Waals surface area contributed by atoms with Crippen molar-refractivity contribution in [3.8, 4) is 11.5 Å². The standard InChI is InChI=1S/C11H10F3NO6/c1-19-6-4-5(11(12,13)14)7(10(16)21-3)8(15(17)18)9(6)20-2/h4H,1-3H3. The Labute approximate surface area is 116 Å². The third-order valence-electron chi connectivity index (χ3n) is 2.52. The molecule has 0 aliphatic heterocycles. The number of rotatable bonds is 4. The fraction of sp³-hybridized carbons (Fsp3) is 0.364. The van der Waals surface area contributed by atoms with Gasteiger partial charge in [0, 0.05) is 0 Å². The van der Waals surface area contributed by atoms with Gasteiger partial charge in [-0.05, 0) is 6.07 Å². The van der Waals surface area contributed by atoms with E-state index in [1.807, 2.05) is 0 Å². The number of hydrogen-bond donors (Lipinski definition) is 0. The van der Waals surface area contributed by atoms with Gasteiger partial charge in [-0.25, -0.2) is 4.79 Å². The molecule has 0 atom stereocenters. The van der Waals surface area contributed by atoms with Gasteiger partial charge < -0.3 is 14.2 Å². The lowest BCUT2D eigenvalue weighted by molar-refractivity contribution is -0.386. The molecule has 0 saturated carbocycles. The minimum atomic E-state index is -5.02. The Morgan fingerprint density at radius 1 is 1.24 bits per heavy atom. The maximum Gasteiger partial charge on any atom is 0.417 e. The smallest absolute Gasteiger partial charge is 0.417 e. The normalized spacial score (nSPS) is 11.0. The zero-order chi connectivity index (χ0) is 16.4. The molecule has 1 aromatic rings. The number of benzene rings is 1. The van der Waals surface area contributed by atoms with E-state index in [1.165, 1.54) is 0 Å². The van der Waals surface area contributed by atoms with E-state index in [4.69, 9.17) is 0 Å². The minimum absolute atomic E-state index is 0.443. The molecular formula is C11H10F3NO6. The molecule has 0 radical (unpaired) electrons. The summed E-state index contributed by atoms with van der Waals surface area (Å²) in [6, 6.07) is 0.443. The van der Waals surface area contributed by atoms with Crippen molar-refractivity contribution in [2.24, 2.45) is 0 Å². The monoisotopic (exact) mass is 309 g/mol. The van der Waals surface area contributed by atoms with E-state index < -0.39 is 45.4 Å². The van der Waals surface area contributed by atoms with Crippen LogP contribution in [0.4, 0.5) is 18.9 Å². The number of halogens is 3. The Balaban J connectivity index is 3.93. The molecule has 0 fully saturated rings. The molecule has 7 nitrogen and oxygen atoms in total. The molecule has 0 N–H and O–H groups in total. The molecule has 0 unspecified atom stereocenters. The zero-order valence-electron chi connectivity index (χ0n) is 11.1. The Hall–Kier alpha value is -2.52. The van der Waals surface area contributed by atoms with Crippen molar-refractivity contribution in [2.45, 2.75) is 6.18 Å². The summed E-state index contributed by atoms with van der Waals surface area (Å²) in [4.78, 5) is 21.5. The number of nitrogens with zero attached hydrogens (tertiary/aromatic N) is 1. The number of ether oxygens (including phenoxy) is 3. The van der Waals surface area contributed by atoms with E-state index in [0.717, 1.165) is 21.3 Å². The Morgan fingerprint density at radius 3 is 2.14 bits per heavy atom. The molecular weight excluding hydrogens is 299 g/mol. The average Bonchev–Trinajstić information content (AvgIpc) is 2.42. The second kappa shape index (κ2) is 5.85. The summed E-state index contributed by atoms with van der Waals surface area (Å²) in [7, 11) is 2.82. The van der Waals surface area contributed by atoms with E-state index in [-0.39, 0.29) is 0 Å². The van der Waals surface area contributed by atoms with Gasteiger partial charge in [-0.15, -0.1) is 0 Å². The van der Waals surface area contributed by atoms with Crippen LogP contribution >= 0.6 is 0 Å². The number of carbonyl (C=O) groups is 1. The van der Waals surface area contributed by atoms with Crippen molar-refractivity contribution in [3.63, 3.8) is 0 Å². The van der Waals surface area contributed by atoms with Crippen LogP contribution in [-0.2, 0) is 10.9 Å². The Bertz CT molecular complexity index is 584. The SMILES string of the molecule is COC(=O)c1c(C(F)(F)F)cc(OC)c(OC)c1[N+](=O)[O-]. The highest BCUT2D eigenvalue weighted by Crippen LogP contribution is 2.46. The molecule has 0 bridgehead atoms. The quantitative estimate of drug-likeness (QED) is 0.482. The van der Waals surface area contributed by atoms with E-state index in [2.05, 4.69) is 14.2 Å². The fourth-order valence-electron chi connectivity index (χ4n) is 1.68. The van der Waals surface area contributed by atoms with Crippen molar-refractivity contribution < 1.29 is 37.1 Å². The van der Waals surface area contributed by atoms with Crippen LogP contribution in [0.3, 0.4) is 0 Å². The van der Waals surface area contributed by atoms with Gasteiger partial charge in [-0.3, -0.25) is 10.1 Å². The van der Waals surface area contributed by atoms with E-state index in [1.54, 1.807) is 0 Å². The molecule has 10 heteroatoms. The first-order chi connectivity index (χ1) is 9.68. The summed E-state index contributed by atoms with van der Waals surface area (Å²) in [5.41, 5.74) is -3.96. The lowest BCUT2D eigenvalue weighted by Gasteiger charge is -2.16. The molecule has 1 rings (SSSR count). The van der Waals surface area contributed by atoms with Gasteiger partial charge in [-0.1, -0.05) is 0 Å². The Morgan fingerprint density at radius 2 is 1.81 bits per heavy atom. The van der Waals surface area contributed by atoms with E-state index in [9.17, 15) is 28.1 Å². The lowest BCUT2D eigenvalue weighted by Crippen LogP contribution is -2.17. The van der Waals surface area contributed by atoms with E-state index >= 15 is 0 Å². The van der Waals surface area contributed by atoms with Crippen LogP contribution in [0.25, 0.3) is 0 Å². The van der Waals surface area contributed by atoms with Crippen LogP contribution in [0, 0.1) is 10.1 Å². The lowest BCUT2D eigenvalue weighted by atomic mass is 10.0. The predicted molar refractivity (Wildman–Crippen MR) is 62.5 cm³/mol. The second-order valence-electron chi connectivity index (χ2n) is 3.63. The number of carbonyl (C=O) groups excluding carboxylic acids is 1. The second-order valence-corrected chi connectivity index (χ2v) is 3.63. The average molecular weight is 309 g/mol. The van der Waals surface area contributed by atoms with Gasteiger partial charge in [0.15, 0.2) is 11.3 Å². The number of nitro groups is 1. The molecule has 0 saturated heterocycles.